The monoisotopic (exact) mass is 326 g/mol. The van der Waals surface area contributed by atoms with E-state index in [0.29, 0.717) is 0 Å². The van der Waals surface area contributed by atoms with E-state index >= 15 is 0 Å². The third-order valence-corrected chi connectivity index (χ3v) is 2.68. The van der Waals surface area contributed by atoms with Gasteiger partial charge >= 0.3 is 6.18 Å². The number of hydrogen-bond acceptors (Lipinski definition) is 5. The molecule has 1 N–H and O–H groups in total. The minimum atomic E-state index is -4.43. The van der Waals surface area contributed by atoms with Gasteiger partial charge in [-0.3, -0.25) is 10.1 Å². The van der Waals surface area contributed by atoms with Crippen molar-refractivity contribution in [3.63, 3.8) is 0 Å². The van der Waals surface area contributed by atoms with Crippen molar-refractivity contribution in [1.29, 1.82) is 0 Å². The summed E-state index contributed by atoms with van der Waals surface area (Å²) < 4.78 is 47.2. The largest absolute Gasteiger partial charge is 0.484 e. The standard InChI is InChI=1S/C13H9F3N4O3/c14-13(15,16)7-23-8-3-4-20-10(6-8)17-12(19-20)18-11(21)9-2-1-5-22-9/h1-6H,7H2,(H,18,19,21). The van der Waals surface area contributed by atoms with E-state index in [0.717, 1.165) is 0 Å². The second-order valence-electron chi connectivity index (χ2n) is 4.44. The molecule has 3 rings (SSSR count). The third kappa shape index (κ3) is 3.59. The van der Waals surface area contributed by atoms with Crippen LogP contribution in [-0.2, 0) is 0 Å². The lowest BCUT2D eigenvalue weighted by molar-refractivity contribution is -0.153. The molecule has 0 spiro atoms. The van der Waals surface area contributed by atoms with Gasteiger partial charge in [0.05, 0.1) is 6.26 Å². The van der Waals surface area contributed by atoms with Gasteiger partial charge in [0.1, 0.15) is 5.75 Å². The lowest BCUT2D eigenvalue weighted by Crippen LogP contribution is -2.19. The number of carbonyl (C=O) groups is 1. The first-order valence-electron chi connectivity index (χ1n) is 6.31. The lowest BCUT2D eigenvalue weighted by atomic mass is 10.4. The number of pyridine rings is 1. The fourth-order valence-electron chi connectivity index (χ4n) is 1.74. The molecule has 7 nitrogen and oxygen atoms in total. The summed E-state index contributed by atoms with van der Waals surface area (Å²) in [4.78, 5) is 15.8. The summed E-state index contributed by atoms with van der Waals surface area (Å²) >= 11 is 0. The molecule has 0 aromatic carbocycles. The predicted molar refractivity (Wildman–Crippen MR) is 71.2 cm³/mol. The van der Waals surface area contributed by atoms with Crippen LogP contribution in [0.4, 0.5) is 19.1 Å². The number of fused-ring (bicyclic) bond motifs is 1. The Labute approximate surface area is 126 Å². The van der Waals surface area contributed by atoms with Crippen LogP contribution in [0.25, 0.3) is 5.65 Å². The van der Waals surface area contributed by atoms with Crippen molar-refractivity contribution in [2.75, 3.05) is 11.9 Å². The molecule has 0 fully saturated rings. The number of carbonyl (C=O) groups excluding carboxylic acids is 1. The minimum absolute atomic E-state index is 0.00821. The van der Waals surface area contributed by atoms with Gasteiger partial charge in [0.2, 0.25) is 5.95 Å². The van der Waals surface area contributed by atoms with Gasteiger partial charge < -0.3 is 9.15 Å². The van der Waals surface area contributed by atoms with Crippen molar-refractivity contribution in [1.82, 2.24) is 14.6 Å². The zero-order chi connectivity index (χ0) is 16.4. The molecule has 3 aromatic rings. The molecule has 1 amide bonds. The van der Waals surface area contributed by atoms with E-state index in [2.05, 4.69) is 20.1 Å². The topological polar surface area (TPSA) is 81.7 Å². The van der Waals surface area contributed by atoms with Crippen molar-refractivity contribution in [3.05, 3.63) is 42.5 Å². The lowest BCUT2D eigenvalue weighted by Gasteiger charge is -2.08. The summed E-state index contributed by atoms with van der Waals surface area (Å²) in [5.74, 6) is -0.483. The number of aromatic nitrogens is 3. The second-order valence-corrected chi connectivity index (χ2v) is 4.44. The van der Waals surface area contributed by atoms with Gasteiger partial charge in [0.15, 0.2) is 18.0 Å². The summed E-state index contributed by atoms with van der Waals surface area (Å²) in [5.41, 5.74) is 0.222. The maximum absolute atomic E-state index is 12.1. The number of amides is 1. The summed E-state index contributed by atoms with van der Waals surface area (Å²) in [6.45, 7) is -1.40. The molecular weight excluding hydrogens is 317 g/mol. The molecule has 0 aliphatic heterocycles. The number of furan rings is 1. The van der Waals surface area contributed by atoms with Gasteiger partial charge in [-0.1, -0.05) is 0 Å². The zero-order valence-electron chi connectivity index (χ0n) is 11.4. The first-order chi connectivity index (χ1) is 10.9. The molecule has 0 radical (unpaired) electrons. The molecule has 0 unspecified atom stereocenters. The highest BCUT2D eigenvalue weighted by atomic mass is 19.4. The molecule has 0 aliphatic carbocycles. The van der Waals surface area contributed by atoms with Gasteiger partial charge in [-0.15, -0.1) is 5.10 Å². The molecule has 10 heteroatoms. The van der Waals surface area contributed by atoms with Crippen LogP contribution in [0.1, 0.15) is 10.6 Å². The Balaban J connectivity index is 1.75. The Hall–Kier alpha value is -3.04. The fraction of sp³-hybridized carbons (Fsp3) is 0.154. The van der Waals surface area contributed by atoms with E-state index < -0.39 is 18.7 Å². The van der Waals surface area contributed by atoms with Crippen LogP contribution in [0, 0.1) is 0 Å². The summed E-state index contributed by atoms with van der Waals surface area (Å²) in [7, 11) is 0. The maximum Gasteiger partial charge on any atom is 0.422 e. The second kappa shape index (κ2) is 5.63. The number of nitrogens with zero attached hydrogens (tertiary/aromatic N) is 3. The molecular formula is C13H9F3N4O3. The quantitative estimate of drug-likeness (QED) is 0.797. The van der Waals surface area contributed by atoms with Gasteiger partial charge in [0, 0.05) is 12.3 Å². The Morgan fingerprint density at radius 3 is 2.91 bits per heavy atom. The number of ether oxygens (including phenoxy) is 1. The van der Waals surface area contributed by atoms with Crippen molar-refractivity contribution in [2.24, 2.45) is 0 Å². The van der Waals surface area contributed by atoms with Gasteiger partial charge in [-0.05, 0) is 18.2 Å². The van der Waals surface area contributed by atoms with E-state index in [4.69, 9.17) is 4.42 Å². The number of hydrogen-bond donors (Lipinski definition) is 1. The van der Waals surface area contributed by atoms with E-state index in [-0.39, 0.29) is 23.1 Å². The molecule has 3 aromatic heterocycles. The summed E-state index contributed by atoms with van der Waals surface area (Å²) in [6, 6.07) is 5.61. The molecule has 0 aliphatic rings. The van der Waals surface area contributed by atoms with E-state index in [9.17, 15) is 18.0 Å². The van der Waals surface area contributed by atoms with Crippen molar-refractivity contribution >= 4 is 17.5 Å². The average Bonchev–Trinajstić information content (AvgIpc) is 3.12. The van der Waals surface area contributed by atoms with Crippen LogP contribution in [0.3, 0.4) is 0 Å². The molecule has 0 atom stereocenters. The molecule has 0 bridgehead atoms. The number of halogens is 3. The zero-order valence-corrected chi connectivity index (χ0v) is 11.4. The number of rotatable bonds is 4. The van der Waals surface area contributed by atoms with Crippen LogP contribution < -0.4 is 10.1 Å². The smallest absolute Gasteiger partial charge is 0.422 e. The molecule has 0 saturated heterocycles. The normalized spacial score (nSPS) is 11.6. The maximum atomic E-state index is 12.1. The highest BCUT2D eigenvalue weighted by molar-refractivity contribution is 6.01. The Bertz CT molecular complexity index is 827. The molecule has 120 valence electrons. The van der Waals surface area contributed by atoms with Crippen molar-refractivity contribution < 1.29 is 27.1 Å². The average molecular weight is 326 g/mol. The van der Waals surface area contributed by atoms with E-state index in [1.54, 1.807) is 6.07 Å². The SMILES string of the molecule is O=C(Nc1nc2cc(OCC(F)(F)F)ccn2n1)c1ccco1. The molecule has 23 heavy (non-hydrogen) atoms. The third-order valence-electron chi connectivity index (χ3n) is 2.68. The fourth-order valence-corrected chi connectivity index (χ4v) is 1.74. The number of anilines is 1. The minimum Gasteiger partial charge on any atom is -0.484 e. The van der Waals surface area contributed by atoms with Crippen LogP contribution >= 0.6 is 0 Å². The summed E-state index contributed by atoms with van der Waals surface area (Å²) in [5, 5.41) is 6.38. The molecule has 3 heterocycles. The van der Waals surface area contributed by atoms with Gasteiger partial charge in [0.25, 0.3) is 5.91 Å². The van der Waals surface area contributed by atoms with Crippen LogP contribution in [-0.4, -0.2) is 33.3 Å². The Morgan fingerprint density at radius 1 is 1.39 bits per heavy atom. The number of alkyl halides is 3. The van der Waals surface area contributed by atoms with Crippen LogP contribution in [0.2, 0.25) is 0 Å². The number of nitrogens with one attached hydrogen (secondary N) is 1. The van der Waals surface area contributed by atoms with Gasteiger partial charge in [-0.2, -0.15) is 18.2 Å². The van der Waals surface area contributed by atoms with Crippen molar-refractivity contribution in [3.8, 4) is 5.75 Å². The highest BCUT2D eigenvalue weighted by Gasteiger charge is 2.28. The van der Waals surface area contributed by atoms with Crippen molar-refractivity contribution in [2.45, 2.75) is 6.18 Å². The first kappa shape index (κ1) is 14.9. The summed E-state index contributed by atoms with van der Waals surface area (Å²) in [6.07, 6.45) is -1.71. The molecule has 0 saturated carbocycles. The first-order valence-corrected chi connectivity index (χ1v) is 6.31. The highest BCUT2D eigenvalue weighted by Crippen LogP contribution is 2.19. The van der Waals surface area contributed by atoms with E-state index in [1.807, 2.05) is 0 Å². The Morgan fingerprint density at radius 2 is 2.22 bits per heavy atom. The van der Waals surface area contributed by atoms with Gasteiger partial charge in [-0.25, -0.2) is 4.52 Å². The van der Waals surface area contributed by atoms with E-state index in [1.165, 1.54) is 35.2 Å². The Kier molecular flexibility index (Phi) is 3.64. The van der Waals surface area contributed by atoms with Crippen LogP contribution in [0.15, 0.2) is 41.1 Å². The predicted octanol–water partition coefficient (Wildman–Crippen LogP) is 2.52. The van der Waals surface area contributed by atoms with Crippen LogP contribution in [0.5, 0.6) is 5.75 Å².